The molecule has 0 saturated carbocycles. The third-order valence-corrected chi connectivity index (χ3v) is 2.94. The molecule has 0 unspecified atom stereocenters. The van der Waals surface area contributed by atoms with Crippen molar-refractivity contribution < 1.29 is 9.66 Å². The predicted molar refractivity (Wildman–Crippen MR) is 80.1 cm³/mol. The molecule has 0 atom stereocenters. The molecule has 0 aliphatic carbocycles. The minimum atomic E-state index is -0.346. The fourth-order valence-electron chi connectivity index (χ4n) is 1.99. The van der Waals surface area contributed by atoms with Crippen molar-refractivity contribution in [2.75, 3.05) is 38.7 Å². The van der Waals surface area contributed by atoms with Gasteiger partial charge in [-0.25, -0.2) is 0 Å². The largest absolute Gasteiger partial charge is 0.380 e. The van der Waals surface area contributed by atoms with Gasteiger partial charge < -0.3 is 10.1 Å². The smallest absolute Gasteiger partial charge is 0.292 e. The zero-order valence-electron chi connectivity index (χ0n) is 12.4. The van der Waals surface area contributed by atoms with E-state index in [0.717, 1.165) is 12.1 Å². The molecule has 0 amide bonds. The number of hydrogen-bond donors (Lipinski definition) is 1. The van der Waals surface area contributed by atoms with Gasteiger partial charge in [0.1, 0.15) is 5.69 Å². The zero-order valence-corrected chi connectivity index (χ0v) is 12.4. The Balaban J connectivity index is 2.82. The fourth-order valence-corrected chi connectivity index (χ4v) is 1.99. The number of anilines is 1. The molecule has 1 aromatic carbocycles. The zero-order chi connectivity index (χ0) is 15.0. The van der Waals surface area contributed by atoms with E-state index >= 15 is 0 Å². The van der Waals surface area contributed by atoms with E-state index in [0.29, 0.717) is 32.0 Å². The van der Waals surface area contributed by atoms with E-state index in [2.05, 4.69) is 10.2 Å². The van der Waals surface area contributed by atoms with E-state index in [1.54, 1.807) is 6.07 Å². The summed E-state index contributed by atoms with van der Waals surface area (Å²) in [6.45, 7) is 7.36. The minimum Gasteiger partial charge on any atom is -0.380 e. The molecule has 0 spiro atoms. The van der Waals surface area contributed by atoms with Crippen LogP contribution in [-0.2, 0) is 11.3 Å². The van der Waals surface area contributed by atoms with Crippen LogP contribution in [0.3, 0.4) is 0 Å². The molecule has 1 aromatic rings. The van der Waals surface area contributed by atoms with Crippen LogP contribution in [0.5, 0.6) is 0 Å². The first-order valence-electron chi connectivity index (χ1n) is 6.86. The lowest BCUT2D eigenvalue weighted by Gasteiger charge is -2.19. The van der Waals surface area contributed by atoms with Crippen molar-refractivity contribution in [2.45, 2.75) is 20.4 Å². The summed E-state index contributed by atoms with van der Waals surface area (Å²) in [6.07, 6.45) is 0. The van der Waals surface area contributed by atoms with Crippen molar-refractivity contribution in [1.29, 1.82) is 0 Å². The molecule has 0 fully saturated rings. The standard InChI is InChI=1S/C14H23N3O3/c1-4-15-14-12(7-6-8-13(14)17(18)19)11-16(3)9-10-20-5-2/h6-8,15H,4-5,9-11H2,1-3H3. The number of likely N-dealkylation sites (N-methyl/N-ethyl adjacent to an activating group) is 1. The lowest BCUT2D eigenvalue weighted by atomic mass is 10.1. The summed E-state index contributed by atoms with van der Waals surface area (Å²) >= 11 is 0. The molecule has 0 bridgehead atoms. The third-order valence-electron chi connectivity index (χ3n) is 2.94. The second kappa shape index (κ2) is 8.50. The van der Waals surface area contributed by atoms with Crippen LogP contribution in [0.15, 0.2) is 18.2 Å². The third kappa shape index (κ3) is 4.79. The average Bonchev–Trinajstić information content (AvgIpc) is 2.41. The van der Waals surface area contributed by atoms with Gasteiger partial charge in [0.2, 0.25) is 0 Å². The van der Waals surface area contributed by atoms with Gasteiger partial charge in [0.25, 0.3) is 5.69 Å². The highest BCUT2D eigenvalue weighted by Crippen LogP contribution is 2.28. The summed E-state index contributed by atoms with van der Waals surface area (Å²) in [4.78, 5) is 12.8. The Morgan fingerprint density at radius 1 is 1.40 bits per heavy atom. The number of benzene rings is 1. The Morgan fingerprint density at radius 3 is 2.75 bits per heavy atom. The van der Waals surface area contributed by atoms with Gasteiger partial charge in [0, 0.05) is 32.3 Å². The first-order valence-corrected chi connectivity index (χ1v) is 6.86. The van der Waals surface area contributed by atoms with E-state index in [1.165, 1.54) is 6.07 Å². The van der Waals surface area contributed by atoms with Crippen LogP contribution >= 0.6 is 0 Å². The summed E-state index contributed by atoms with van der Waals surface area (Å²) in [7, 11) is 1.98. The fraction of sp³-hybridized carbons (Fsp3) is 0.571. The number of nitrogens with zero attached hydrogens (tertiary/aromatic N) is 2. The van der Waals surface area contributed by atoms with E-state index < -0.39 is 0 Å². The maximum absolute atomic E-state index is 11.1. The summed E-state index contributed by atoms with van der Waals surface area (Å²) in [6, 6.07) is 5.18. The SMILES string of the molecule is CCNc1c(CN(C)CCOCC)cccc1[N+](=O)[O-]. The molecular formula is C14H23N3O3. The first kappa shape index (κ1) is 16.4. The highest BCUT2D eigenvalue weighted by molar-refractivity contribution is 5.66. The maximum atomic E-state index is 11.1. The van der Waals surface area contributed by atoms with Crippen molar-refractivity contribution in [3.8, 4) is 0 Å². The molecule has 112 valence electrons. The van der Waals surface area contributed by atoms with Crippen molar-refractivity contribution >= 4 is 11.4 Å². The summed E-state index contributed by atoms with van der Waals surface area (Å²) in [5.41, 5.74) is 1.67. The quantitative estimate of drug-likeness (QED) is 0.428. The Hall–Kier alpha value is -1.66. The van der Waals surface area contributed by atoms with Gasteiger partial charge in [-0.2, -0.15) is 0 Å². The van der Waals surface area contributed by atoms with Gasteiger partial charge in [-0.15, -0.1) is 0 Å². The maximum Gasteiger partial charge on any atom is 0.292 e. The molecule has 1 N–H and O–H groups in total. The van der Waals surface area contributed by atoms with E-state index in [-0.39, 0.29) is 10.6 Å². The monoisotopic (exact) mass is 281 g/mol. The molecule has 0 saturated heterocycles. The number of para-hydroxylation sites is 1. The second-order valence-electron chi connectivity index (χ2n) is 4.53. The van der Waals surface area contributed by atoms with Gasteiger partial charge >= 0.3 is 0 Å². The summed E-state index contributed by atoms with van der Waals surface area (Å²) in [5, 5.41) is 14.2. The van der Waals surface area contributed by atoms with Gasteiger partial charge in [-0.3, -0.25) is 15.0 Å². The number of nitrogens with one attached hydrogen (secondary N) is 1. The Bertz CT molecular complexity index is 438. The van der Waals surface area contributed by atoms with Crippen molar-refractivity contribution in [1.82, 2.24) is 4.90 Å². The van der Waals surface area contributed by atoms with Crippen LogP contribution < -0.4 is 5.32 Å². The number of rotatable bonds is 9. The van der Waals surface area contributed by atoms with Crippen LogP contribution in [0.4, 0.5) is 11.4 Å². The number of hydrogen-bond acceptors (Lipinski definition) is 5. The lowest BCUT2D eigenvalue weighted by molar-refractivity contribution is -0.384. The highest BCUT2D eigenvalue weighted by atomic mass is 16.6. The number of nitro groups is 1. The van der Waals surface area contributed by atoms with Gasteiger partial charge in [0.15, 0.2) is 0 Å². The first-order chi connectivity index (χ1) is 9.60. The van der Waals surface area contributed by atoms with Crippen LogP contribution in [0.2, 0.25) is 0 Å². The van der Waals surface area contributed by atoms with Crippen molar-refractivity contribution in [2.24, 2.45) is 0 Å². The van der Waals surface area contributed by atoms with Crippen LogP contribution in [0, 0.1) is 10.1 Å². The molecule has 6 nitrogen and oxygen atoms in total. The van der Waals surface area contributed by atoms with E-state index in [9.17, 15) is 10.1 Å². The topological polar surface area (TPSA) is 67.6 Å². The molecule has 6 heteroatoms. The van der Waals surface area contributed by atoms with Gasteiger partial charge in [-0.05, 0) is 26.5 Å². The second-order valence-corrected chi connectivity index (χ2v) is 4.53. The lowest BCUT2D eigenvalue weighted by Crippen LogP contribution is -2.23. The van der Waals surface area contributed by atoms with Gasteiger partial charge in [0.05, 0.1) is 11.5 Å². The van der Waals surface area contributed by atoms with Gasteiger partial charge in [-0.1, -0.05) is 12.1 Å². The Labute approximate surface area is 119 Å². The molecule has 0 heterocycles. The van der Waals surface area contributed by atoms with Crippen molar-refractivity contribution in [3.63, 3.8) is 0 Å². The van der Waals surface area contributed by atoms with Crippen molar-refractivity contribution in [3.05, 3.63) is 33.9 Å². The molecule has 0 aromatic heterocycles. The van der Waals surface area contributed by atoms with Crippen LogP contribution in [-0.4, -0.2) is 43.2 Å². The normalized spacial score (nSPS) is 10.8. The molecule has 0 radical (unpaired) electrons. The molecule has 0 aliphatic heterocycles. The highest BCUT2D eigenvalue weighted by Gasteiger charge is 2.17. The summed E-state index contributed by atoms with van der Waals surface area (Å²) in [5.74, 6) is 0. The van der Waals surface area contributed by atoms with E-state index in [4.69, 9.17) is 4.74 Å². The number of ether oxygens (including phenoxy) is 1. The Morgan fingerprint density at radius 2 is 2.15 bits per heavy atom. The van der Waals surface area contributed by atoms with E-state index in [1.807, 2.05) is 27.0 Å². The molecule has 1 rings (SSSR count). The minimum absolute atomic E-state index is 0.127. The molecule has 0 aliphatic rings. The van der Waals surface area contributed by atoms with Crippen LogP contribution in [0.1, 0.15) is 19.4 Å². The molecule has 20 heavy (non-hydrogen) atoms. The summed E-state index contributed by atoms with van der Waals surface area (Å²) < 4.78 is 5.32. The Kier molecular flexibility index (Phi) is 6.97. The predicted octanol–water partition coefficient (Wildman–Crippen LogP) is 2.49. The molecular weight excluding hydrogens is 258 g/mol. The number of nitro benzene ring substituents is 1. The average molecular weight is 281 g/mol. The van der Waals surface area contributed by atoms with Crippen LogP contribution in [0.25, 0.3) is 0 Å².